The summed E-state index contributed by atoms with van der Waals surface area (Å²) in [6.07, 6.45) is 0.827. The molecule has 0 saturated carbocycles. The van der Waals surface area contributed by atoms with Crippen LogP contribution in [0.3, 0.4) is 0 Å². The number of carbonyl (C=O) groups is 1. The SMILES string of the molecule is CCc1ccc(S(=O)(=O)NCCC(O)CC)cc1C(=O)O. The summed E-state index contributed by atoms with van der Waals surface area (Å²) < 4.78 is 26.5. The quantitative estimate of drug-likeness (QED) is 0.672. The van der Waals surface area contributed by atoms with E-state index in [1.807, 2.05) is 6.92 Å². The molecule has 7 heteroatoms. The molecule has 0 radical (unpaired) electrons. The minimum absolute atomic E-state index is 0.00559. The van der Waals surface area contributed by atoms with Crippen molar-refractivity contribution in [2.45, 2.75) is 44.1 Å². The Morgan fingerprint density at radius 2 is 2.00 bits per heavy atom. The minimum atomic E-state index is -3.77. The molecule has 1 unspecified atom stereocenters. The van der Waals surface area contributed by atoms with Crippen molar-refractivity contribution >= 4 is 16.0 Å². The van der Waals surface area contributed by atoms with Crippen LogP contribution in [-0.4, -0.2) is 37.2 Å². The molecule has 0 bridgehead atoms. The Morgan fingerprint density at radius 1 is 1.33 bits per heavy atom. The first-order valence-electron chi connectivity index (χ1n) is 6.85. The van der Waals surface area contributed by atoms with Gasteiger partial charge in [-0.1, -0.05) is 19.9 Å². The van der Waals surface area contributed by atoms with E-state index in [0.29, 0.717) is 24.8 Å². The van der Waals surface area contributed by atoms with Crippen LogP contribution in [0.25, 0.3) is 0 Å². The third-order valence-corrected chi connectivity index (χ3v) is 4.70. The third kappa shape index (κ3) is 4.80. The van der Waals surface area contributed by atoms with Gasteiger partial charge in [0.25, 0.3) is 0 Å². The van der Waals surface area contributed by atoms with Gasteiger partial charge in [-0.3, -0.25) is 0 Å². The van der Waals surface area contributed by atoms with Crippen molar-refractivity contribution in [2.24, 2.45) is 0 Å². The average molecular weight is 315 g/mol. The number of rotatable bonds is 8. The molecule has 0 fully saturated rings. The van der Waals surface area contributed by atoms with Crippen LogP contribution in [0.15, 0.2) is 23.1 Å². The number of benzene rings is 1. The van der Waals surface area contributed by atoms with E-state index in [4.69, 9.17) is 5.11 Å². The highest BCUT2D eigenvalue weighted by Crippen LogP contribution is 2.17. The second-order valence-electron chi connectivity index (χ2n) is 4.73. The first kappa shape index (κ1) is 17.6. The molecule has 0 aliphatic carbocycles. The molecular weight excluding hydrogens is 294 g/mol. The fraction of sp³-hybridized carbons (Fsp3) is 0.500. The zero-order chi connectivity index (χ0) is 16.0. The van der Waals surface area contributed by atoms with Crippen LogP contribution in [0.4, 0.5) is 0 Å². The van der Waals surface area contributed by atoms with Crippen molar-refractivity contribution in [2.75, 3.05) is 6.54 Å². The van der Waals surface area contributed by atoms with Gasteiger partial charge in [0, 0.05) is 6.54 Å². The maximum absolute atomic E-state index is 12.1. The van der Waals surface area contributed by atoms with Crippen LogP contribution < -0.4 is 4.72 Å². The number of carboxylic acid groups (broad SMARTS) is 1. The highest BCUT2D eigenvalue weighted by Gasteiger charge is 2.18. The first-order chi connectivity index (χ1) is 9.81. The predicted molar refractivity (Wildman–Crippen MR) is 78.9 cm³/mol. The summed E-state index contributed by atoms with van der Waals surface area (Å²) in [4.78, 5) is 11.1. The monoisotopic (exact) mass is 315 g/mol. The van der Waals surface area contributed by atoms with Crippen molar-refractivity contribution in [1.29, 1.82) is 0 Å². The van der Waals surface area contributed by atoms with Gasteiger partial charge >= 0.3 is 5.97 Å². The molecule has 0 heterocycles. The lowest BCUT2D eigenvalue weighted by atomic mass is 10.1. The fourth-order valence-corrected chi connectivity index (χ4v) is 2.95. The fourth-order valence-electron chi connectivity index (χ4n) is 1.88. The molecule has 1 rings (SSSR count). The number of sulfonamides is 1. The molecule has 1 aromatic carbocycles. The van der Waals surface area contributed by atoms with E-state index in [-0.39, 0.29) is 17.0 Å². The van der Waals surface area contributed by atoms with Gasteiger partial charge in [0.1, 0.15) is 0 Å². The average Bonchev–Trinajstić information content (AvgIpc) is 2.45. The number of aliphatic hydroxyl groups is 1. The Kier molecular flexibility index (Phi) is 6.32. The van der Waals surface area contributed by atoms with Crippen molar-refractivity contribution in [3.8, 4) is 0 Å². The lowest BCUT2D eigenvalue weighted by Crippen LogP contribution is -2.27. The molecule has 6 nitrogen and oxygen atoms in total. The summed E-state index contributed by atoms with van der Waals surface area (Å²) in [6.45, 7) is 3.72. The second kappa shape index (κ2) is 7.53. The van der Waals surface area contributed by atoms with Crippen LogP contribution in [0, 0.1) is 0 Å². The van der Waals surface area contributed by atoms with E-state index in [1.54, 1.807) is 6.92 Å². The third-order valence-electron chi connectivity index (χ3n) is 3.24. The molecule has 0 amide bonds. The minimum Gasteiger partial charge on any atom is -0.478 e. The Hall–Kier alpha value is -1.44. The van der Waals surface area contributed by atoms with Gasteiger partial charge in [0.15, 0.2) is 0 Å². The molecule has 0 aliphatic heterocycles. The number of hydrogen-bond acceptors (Lipinski definition) is 4. The molecule has 0 aromatic heterocycles. The second-order valence-corrected chi connectivity index (χ2v) is 6.49. The smallest absolute Gasteiger partial charge is 0.336 e. The van der Waals surface area contributed by atoms with Gasteiger partial charge in [-0.15, -0.1) is 0 Å². The highest BCUT2D eigenvalue weighted by atomic mass is 32.2. The van der Waals surface area contributed by atoms with Crippen molar-refractivity contribution in [3.63, 3.8) is 0 Å². The number of aliphatic hydroxyl groups excluding tert-OH is 1. The highest BCUT2D eigenvalue weighted by molar-refractivity contribution is 7.89. The van der Waals surface area contributed by atoms with Crippen LogP contribution in [0.1, 0.15) is 42.6 Å². The Bertz CT molecular complexity index is 597. The summed E-state index contributed by atoms with van der Waals surface area (Å²) >= 11 is 0. The molecular formula is C14H21NO5S. The van der Waals surface area contributed by atoms with Crippen LogP contribution in [0.5, 0.6) is 0 Å². The Labute approximate surface area is 124 Å². The van der Waals surface area contributed by atoms with Crippen molar-refractivity contribution < 1.29 is 23.4 Å². The lowest BCUT2D eigenvalue weighted by molar-refractivity contribution is 0.0695. The first-order valence-corrected chi connectivity index (χ1v) is 8.34. The van der Waals surface area contributed by atoms with E-state index < -0.39 is 22.1 Å². The lowest BCUT2D eigenvalue weighted by Gasteiger charge is -2.11. The number of carboxylic acids is 1. The maximum atomic E-state index is 12.1. The van der Waals surface area contributed by atoms with E-state index in [1.165, 1.54) is 18.2 Å². The number of aryl methyl sites for hydroxylation is 1. The molecule has 0 aliphatic rings. The largest absolute Gasteiger partial charge is 0.478 e. The summed E-state index contributed by atoms with van der Waals surface area (Å²) in [5.41, 5.74) is 0.580. The molecule has 1 aromatic rings. The zero-order valence-electron chi connectivity index (χ0n) is 12.2. The van der Waals surface area contributed by atoms with E-state index in [2.05, 4.69) is 4.72 Å². The molecule has 118 valence electrons. The van der Waals surface area contributed by atoms with Crippen LogP contribution >= 0.6 is 0 Å². The predicted octanol–water partition coefficient (Wildman–Crippen LogP) is 1.39. The van der Waals surface area contributed by atoms with E-state index >= 15 is 0 Å². The van der Waals surface area contributed by atoms with Gasteiger partial charge < -0.3 is 10.2 Å². The zero-order valence-corrected chi connectivity index (χ0v) is 13.0. The molecule has 21 heavy (non-hydrogen) atoms. The van der Waals surface area contributed by atoms with E-state index in [0.717, 1.165) is 0 Å². The van der Waals surface area contributed by atoms with Gasteiger partial charge in [-0.05, 0) is 37.0 Å². The topological polar surface area (TPSA) is 104 Å². The molecule has 3 N–H and O–H groups in total. The van der Waals surface area contributed by atoms with E-state index in [9.17, 15) is 18.3 Å². The van der Waals surface area contributed by atoms with Crippen molar-refractivity contribution in [3.05, 3.63) is 29.3 Å². The summed E-state index contributed by atoms with van der Waals surface area (Å²) in [6, 6.07) is 4.07. The normalized spacial score (nSPS) is 13.1. The van der Waals surface area contributed by atoms with Crippen molar-refractivity contribution in [1.82, 2.24) is 4.72 Å². The molecule has 1 atom stereocenters. The standard InChI is InChI=1S/C14H21NO5S/c1-3-10-5-6-12(9-13(10)14(17)18)21(19,20)15-8-7-11(16)4-2/h5-6,9,11,15-16H,3-4,7-8H2,1-2H3,(H,17,18). The Balaban J connectivity index is 2.93. The van der Waals surface area contributed by atoms with Gasteiger partial charge in [0.05, 0.1) is 16.6 Å². The number of aromatic carboxylic acids is 1. The van der Waals surface area contributed by atoms with Gasteiger partial charge in [0.2, 0.25) is 10.0 Å². The summed E-state index contributed by atoms with van der Waals surface area (Å²) in [5, 5.41) is 18.5. The molecule has 0 spiro atoms. The number of nitrogens with one attached hydrogen (secondary N) is 1. The van der Waals surface area contributed by atoms with Crippen LogP contribution in [-0.2, 0) is 16.4 Å². The summed E-state index contributed by atoms with van der Waals surface area (Å²) in [7, 11) is -3.77. The molecule has 0 saturated heterocycles. The number of hydrogen-bond donors (Lipinski definition) is 3. The Morgan fingerprint density at radius 3 is 2.52 bits per heavy atom. The van der Waals surface area contributed by atoms with Gasteiger partial charge in [-0.2, -0.15) is 0 Å². The van der Waals surface area contributed by atoms with Crippen LogP contribution in [0.2, 0.25) is 0 Å². The maximum Gasteiger partial charge on any atom is 0.336 e. The van der Waals surface area contributed by atoms with Gasteiger partial charge in [-0.25, -0.2) is 17.9 Å². The summed E-state index contributed by atoms with van der Waals surface area (Å²) in [5.74, 6) is -1.15.